The number of hydrogen-bond acceptors (Lipinski definition) is 2. The van der Waals surface area contributed by atoms with Gasteiger partial charge < -0.3 is 9.90 Å². The molecule has 2 bridgehead atoms. The van der Waals surface area contributed by atoms with Gasteiger partial charge >= 0.3 is 0 Å². The van der Waals surface area contributed by atoms with Crippen molar-refractivity contribution in [2.24, 2.45) is 17.8 Å². The molecule has 0 aromatic carbocycles. The fraction of sp³-hybridized carbons (Fsp3) is 0.625. The van der Waals surface area contributed by atoms with Gasteiger partial charge in [0.15, 0.2) is 0 Å². The Balaban J connectivity index is 2.16. The number of hydrogen-bond donors (Lipinski definition) is 0. The number of allylic oxidation sites excluding steroid dienone is 2. The zero-order chi connectivity index (χ0) is 7.14. The zero-order valence-electron chi connectivity index (χ0n) is 5.62. The third-order valence-electron chi connectivity index (χ3n) is 2.58. The summed E-state index contributed by atoms with van der Waals surface area (Å²) < 4.78 is 0. The van der Waals surface area contributed by atoms with Crippen molar-refractivity contribution in [2.45, 2.75) is 12.8 Å². The van der Waals surface area contributed by atoms with E-state index in [-0.39, 0.29) is 11.8 Å². The van der Waals surface area contributed by atoms with Crippen molar-refractivity contribution in [2.75, 3.05) is 0 Å². The molecule has 0 amide bonds. The van der Waals surface area contributed by atoms with Crippen LogP contribution in [0.4, 0.5) is 0 Å². The third-order valence-corrected chi connectivity index (χ3v) is 2.58. The minimum absolute atomic E-state index is 0.185. The van der Waals surface area contributed by atoms with Gasteiger partial charge in [0.05, 0.1) is 0 Å². The molecule has 10 heavy (non-hydrogen) atoms. The van der Waals surface area contributed by atoms with Gasteiger partial charge in [0.25, 0.3) is 0 Å². The molecule has 0 aromatic rings. The van der Waals surface area contributed by atoms with E-state index < -0.39 is 5.97 Å². The van der Waals surface area contributed by atoms with Crippen LogP contribution in [0, 0.1) is 17.8 Å². The summed E-state index contributed by atoms with van der Waals surface area (Å²) in [7, 11) is 0. The highest BCUT2D eigenvalue weighted by molar-refractivity contribution is 5.69. The molecule has 1 saturated carbocycles. The average Bonchev–Trinajstić information content (AvgIpc) is 2.44. The minimum atomic E-state index is -0.864. The standard InChI is InChI=1S/C8H10O2/c9-8(10)7-4-5-1-2-6(7)3-5/h1-2,5-7H,3-4H2,(H,9,10)/p-1/t5-,6+,7+/m0/s1. The first-order valence-electron chi connectivity index (χ1n) is 3.66. The molecule has 2 aliphatic rings. The lowest BCUT2D eigenvalue weighted by molar-refractivity contribution is -0.312. The first-order chi connectivity index (χ1) is 4.77. The number of carbonyl (C=O) groups excluding carboxylic acids is 1. The molecule has 0 aromatic heterocycles. The molecule has 2 rings (SSSR count). The van der Waals surface area contributed by atoms with Gasteiger partial charge in [-0.15, -0.1) is 0 Å². The van der Waals surface area contributed by atoms with Gasteiger partial charge in [-0.3, -0.25) is 0 Å². The number of rotatable bonds is 1. The van der Waals surface area contributed by atoms with E-state index in [1.807, 2.05) is 6.08 Å². The predicted molar refractivity (Wildman–Crippen MR) is 33.9 cm³/mol. The first-order valence-corrected chi connectivity index (χ1v) is 3.66. The van der Waals surface area contributed by atoms with Crippen LogP contribution in [0.15, 0.2) is 12.2 Å². The molecule has 54 valence electrons. The molecule has 0 N–H and O–H groups in total. The second kappa shape index (κ2) is 1.84. The third kappa shape index (κ3) is 0.681. The summed E-state index contributed by atoms with van der Waals surface area (Å²) in [6.45, 7) is 0. The second-order valence-electron chi connectivity index (χ2n) is 3.21. The van der Waals surface area contributed by atoms with Crippen molar-refractivity contribution in [3.05, 3.63) is 12.2 Å². The first kappa shape index (κ1) is 5.96. The lowest BCUT2D eigenvalue weighted by Crippen LogP contribution is -2.33. The Labute approximate surface area is 59.5 Å². The van der Waals surface area contributed by atoms with Crippen LogP contribution < -0.4 is 5.11 Å². The molecule has 0 unspecified atom stereocenters. The summed E-state index contributed by atoms with van der Waals surface area (Å²) in [5, 5.41) is 10.4. The maximum absolute atomic E-state index is 10.4. The lowest BCUT2D eigenvalue weighted by atomic mass is 9.94. The Hall–Kier alpha value is -0.790. The molecule has 0 aliphatic heterocycles. The Morgan fingerprint density at radius 2 is 2.20 bits per heavy atom. The topological polar surface area (TPSA) is 40.1 Å². The zero-order valence-corrected chi connectivity index (χ0v) is 5.62. The number of fused-ring (bicyclic) bond motifs is 2. The Kier molecular flexibility index (Phi) is 1.10. The normalized spacial score (nSPS) is 42.6. The van der Waals surface area contributed by atoms with Crippen molar-refractivity contribution in [1.29, 1.82) is 0 Å². The molecular formula is C8H9O2-. The summed E-state index contributed by atoms with van der Waals surface area (Å²) >= 11 is 0. The second-order valence-corrected chi connectivity index (χ2v) is 3.21. The molecule has 1 fully saturated rings. The molecule has 2 nitrogen and oxygen atoms in total. The van der Waals surface area contributed by atoms with Crippen molar-refractivity contribution in [3.63, 3.8) is 0 Å². The average molecular weight is 137 g/mol. The Morgan fingerprint density at radius 1 is 1.40 bits per heavy atom. The van der Waals surface area contributed by atoms with E-state index in [1.54, 1.807) is 0 Å². The molecule has 2 aliphatic carbocycles. The minimum Gasteiger partial charge on any atom is -0.550 e. The fourth-order valence-electron chi connectivity index (χ4n) is 2.05. The van der Waals surface area contributed by atoms with Crippen molar-refractivity contribution in [3.8, 4) is 0 Å². The highest BCUT2D eigenvalue weighted by Gasteiger charge is 2.35. The maximum Gasteiger partial charge on any atom is 0.0451 e. The van der Waals surface area contributed by atoms with Gasteiger partial charge in [-0.1, -0.05) is 12.2 Å². The molecule has 2 heteroatoms. The van der Waals surface area contributed by atoms with E-state index >= 15 is 0 Å². The van der Waals surface area contributed by atoms with Gasteiger partial charge in [0, 0.05) is 11.9 Å². The number of aliphatic carboxylic acids is 1. The van der Waals surface area contributed by atoms with Crippen LogP contribution in [0.1, 0.15) is 12.8 Å². The van der Waals surface area contributed by atoms with E-state index in [1.165, 1.54) is 0 Å². The summed E-state index contributed by atoms with van der Waals surface area (Å²) in [5.74, 6) is -0.227. The van der Waals surface area contributed by atoms with Crippen LogP contribution >= 0.6 is 0 Å². The number of carboxylic acids is 1. The summed E-state index contributed by atoms with van der Waals surface area (Å²) in [6.07, 6.45) is 6.00. The van der Waals surface area contributed by atoms with Gasteiger partial charge in [-0.25, -0.2) is 0 Å². The van der Waals surface area contributed by atoms with Gasteiger partial charge in [-0.2, -0.15) is 0 Å². The van der Waals surface area contributed by atoms with Crippen molar-refractivity contribution >= 4 is 5.97 Å². The molecule has 0 saturated heterocycles. The van der Waals surface area contributed by atoms with Crippen LogP contribution in [-0.4, -0.2) is 5.97 Å². The van der Waals surface area contributed by atoms with Gasteiger partial charge in [-0.05, 0) is 24.7 Å². The monoisotopic (exact) mass is 137 g/mol. The summed E-state index contributed by atoms with van der Waals surface area (Å²) in [4.78, 5) is 10.4. The van der Waals surface area contributed by atoms with E-state index in [4.69, 9.17) is 0 Å². The maximum atomic E-state index is 10.4. The number of carbonyl (C=O) groups is 1. The smallest absolute Gasteiger partial charge is 0.0451 e. The van der Waals surface area contributed by atoms with Gasteiger partial charge in [0.2, 0.25) is 0 Å². The Morgan fingerprint density at radius 3 is 2.50 bits per heavy atom. The lowest BCUT2D eigenvalue weighted by Gasteiger charge is -2.18. The van der Waals surface area contributed by atoms with Crippen molar-refractivity contribution in [1.82, 2.24) is 0 Å². The fourth-order valence-corrected chi connectivity index (χ4v) is 2.05. The summed E-state index contributed by atoms with van der Waals surface area (Å²) in [6, 6.07) is 0. The van der Waals surface area contributed by atoms with E-state index in [9.17, 15) is 9.90 Å². The molecular weight excluding hydrogens is 128 g/mol. The summed E-state index contributed by atoms with van der Waals surface area (Å²) in [5.41, 5.74) is 0. The van der Waals surface area contributed by atoms with E-state index in [0.29, 0.717) is 5.92 Å². The van der Waals surface area contributed by atoms with Crippen LogP contribution in [0.5, 0.6) is 0 Å². The number of carboxylic acid groups (broad SMARTS) is 1. The van der Waals surface area contributed by atoms with Gasteiger partial charge in [0.1, 0.15) is 0 Å². The SMILES string of the molecule is O=C([O-])[C@@H]1C[C@H]2C=C[C@@H]1C2. The quantitative estimate of drug-likeness (QED) is 0.475. The van der Waals surface area contributed by atoms with E-state index in [2.05, 4.69) is 6.08 Å². The Bertz CT molecular complexity index is 195. The van der Waals surface area contributed by atoms with Crippen LogP contribution in [0.3, 0.4) is 0 Å². The van der Waals surface area contributed by atoms with Crippen molar-refractivity contribution < 1.29 is 9.90 Å². The van der Waals surface area contributed by atoms with E-state index in [0.717, 1.165) is 12.8 Å². The highest BCUT2D eigenvalue weighted by Crippen LogP contribution is 2.42. The van der Waals surface area contributed by atoms with Crippen LogP contribution in [0.2, 0.25) is 0 Å². The molecule has 0 spiro atoms. The molecule has 0 heterocycles. The van der Waals surface area contributed by atoms with Crippen LogP contribution in [0.25, 0.3) is 0 Å². The largest absolute Gasteiger partial charge is 0.550 e. The van der Waals surface area contributed by atoms with Crippen LogP contribution in [-0.2, 0) is 4.79 Å². The highest BCUT2D eigenvalue weighted by atomic mass is 16.4. The molecule has 3 atom stereocenters. The predicted octanol–water partition coefficient (Wildman–Crippen LogP) is -0.0515. The molecule has 0 radical (unpaired) electrons.